The Kier molecular flexibility index (Phi) is 5.11. The molecule has 0 unspecified atom stereocenters. The predicted octanol–water partition coefficient (Wildman–Crippen LogP) is 4.14. The summed E-state index contributed by atoms with van der Waals surface area (Å²) < 4.78 is 13.1. The molecule has 3 aromatic rings. The van der Waals surface area contributed by atoms with Crippen LogP contribution in [0.5, 0.6) is 0 Å². The van der Waals surface area contributed by atoms with Crippen molar-refractivity contribution in [2.45, 2.75) is 38.2 Å². The number of hydrogen-bond acceptors (Lipinski definition) is 4. The number of amides is 1. The van der Waals surface area contributed by atoms with Crippen LogP contribution in [0.15, 0.2) is 54.9 Å². The maximum absolute atomic E-state index is 13.1. The lowest BCUT2D eigenvalue weighted by atomic mass is 9.64. The molecule has 0 radical (unpaired) electrons. The first-order chi connectivity index (χ1) is 14.0. The number of pyridine rings is 2. The van der Waals surface area contributed by atoms with E-state index in [0.717, 1.165) is 41.6 Å². The normalized spacial score (nSPS) is 14.9. The SMILES string of the molecule is Cc1cc(CO)c(-c2ccc(C3(C(=O)Nc4ccc(F)cc4)CCC3)cn2)cn1. The Labute approximate surface area is 168 Å². The first-order valence-corrected chi connectivity index (χ1v) is 9.62. The van der Waals surface area contributed by atoms with Gasteiger partial charge >= 0.3 is 0 Å². The third kappa shape index (κ3) is 3.63. The summed E-state index contributed by atoms with van der Waals surface area (Å²) in [7, 11) is 0. The fourth-order valence-corrected chi connectivity index (χ4v) is 3.78. The van der Waals surface area contributed by atoms with Gasteiger partial charge in [0.15, 0.2) is 0 Å². The van der Waals surface area contributed by atoms with Crippen LogP contribution in [0.1, 0.15) is 36.1 Å². The van der Waals surface area contributed by atoms with Crippen molar-refractivity contribution >= 4 is 11.6 Å². The van der Waals surface area contributed by atoms with Gasteiger partial charge in [-0.3, -0.25) is 14.8 Å². The zero-order valence-corrected chi connectivity index (χ0v) is 16.2. The highest BCUT2D eigenvalue weighted by atomic mass is 19.1. The van der Waals surface area contributed by atoms with Gasteiger partial charge in [0, 0.05) is 29.3 Å². The van der Waals surface area contributed by atoms with Crippen molar-refractivity contribution in [1.82, 2.24) is 9.97 Å². The monoisotopic (exact) mass is 391 g/mol. The van der Waals surface area contributed by atoms with E-state index in [4.69, 9.17) is 0 Å². The van der Waals surface area contributed by atoms with Gasteiger partial charge in [-0.2, -0.15) is 0 Å². The van der Waals surface area contributed by atoms with Gasteiger partial charge in [0.25, 0.3) is 0 Å². The zero-order chi connectivity index (χ0) is 20.4. The molecule has 0 spiro atoms. The highest BCUT2D eigenvalue weighted by Gasteiger charge is 2.45. The molecule has 29 heavy (non-hydrogen) atoms. The smallest absolute Gasteiger partial charge is 0.235 e. The van der Waals surface area contributed by atoms with Crippen molar-refractivity contribution in [3.05, 3.63) is 77.5 Å². The highest BCUT2D eigenvalue weighted by Crippen LogP contribution is 2.44. The number of carbonyl (C=O) groups excluding carboxylic acids is 1. The van der Waals surface area contributed by atoms with E-state index in [1.165, 1.54) is 12.1 Å². The van der Waals surface area contributed by atoms with Crippen LogP contribution in [-0.4, -0.2) is 21.0 Å². The molecule has 148 valence electrons. The number of aliphatic hydroxyl groups is 1. The van der Waals surface area contributed by atoms with Gasteiger partial charge in [0.05, 0.1) is 17.7 Å². The molecule has 2 N–H and O–H groups in total. The molecule has 1 amide bonds. The topological polar surface area (TPSA) is 75.1 Å². The minimum atomic E-state index is -0.620. The lowest BCUT2D eigenvalue weighted by Gasteiger charge is -2.40. The second-order valence-electron chi connectivity index (χ2n) is 7.47. The Bertz CT molecular complexity index is 1030. The number of aromatic nitrogens is 2. The molecule has 0 aliphatic heterocycles. The Morgan fingerprint density at radius 1 is 1.14 bits per heavy atom. The molecular formula is C23H22FN3O2. The van der Waals surface area contributed by atoms with Crippen LogP contribution in [0.3, 0.4) is 0 Å². The van der Waals surface area contributed by atoms with Crippen LogP contribution in [-0.2, 0) is 16.8 Å². The molecule has 6 heteroatoms. The van der Waals surface area contributed by atoms with E-state index in [1.54, 1.807) is 24.5 Å². The van der Waals surface area contributed by atoms with Crippen molar-refractivity contribution < 1.29 is 14.3 Å². The Hall–Kier alpha value is -3.12. The highest BCUT2D eigenvalue weighted by molar-refractivity contribution is 5.99. The maximum Gasteiger partial charge on any atom is 0.235 e. The summed E-state index contributed by atoms with van der Waals surface area (Å²) in [6.07, 6.45) is 5.90. The minimum absolute atomic E-state index is 0.0911. The van der Waals surface area contributed by atoms with Crippen molar-refractivity contribution in [2.75, 3.05) is 5.32 Å². The molecule has 1 fully saturated rings. The zero-order valence-electron chi connectivity index (χ0n) is 16.2. The van der Waals surface area contributed by atoms with Crippen molar-refractivity contribution in [3.8, 4) is 11.3 Å². The van der Waals surface area contributed by atoms with Crippen LogP contribution < -0.4 is 5.32 Å². The summed E-state index contributed by atoms with van der Waals surface area (Å²) in [6, 6.07) is 11.4. The van der Waals surface area contributed by atoms with Crippen molar-refractivity contribution in [3.63, 3.8) is 0 Å². The van der Waals surface area contributed by atoms with E-state index in [1.807, 2.05) is 25.1 Å². The average Bonchev–Trinajstić information content (AvgIpc) is 2.69. The molecule has 0 saturated heterocycles. The number of benzene rings is 1. The van der Waals surface area contributed by atoms with Crippen LogP contribution in [0.25, 0.3) is 11.3 Å². The lowest BCUT2D eigenvalue weighted by molar-refractivity contribution is -0.124. The number of halogens is 1. The number of aliphatic hydroxyl groups excluding tert-OH is 1. The summed E-state index contributed by atoms with van der Waals surface area (Å²) in [4.78, 5) is 21.9. The summed E-state index contributed by atoms with van der Waals surface area (Å²) in [5, 5.41) is 12.5. The van der Waals surface area contributed by atoms with Gasteiger partial charge < -0.3 is 10.4 Å². The van der Waals surface area contributed by atoms with E-state index in [0.29, 0.717) is 11.4 Å². The van der Waals surface area contributed by atoms with Crippen LogP contribution >= 0.6 is 0 Å². The van der Waals surface area contributed by atoms with Gasteiger partial charge in [-0.15, -0.1) is 0 Å². The van der Waals surface area contributed by atoms with E-state index < -0.39 is 5.41 Å². The molecule has 0 bridgehead atoms. The van der Waals surface area contributed by atoms with Crippen LogP contribution in [0.2, 0.25) is 0 Å². The molecular weight excluding hydrogens is 369 g/mol. The molecule has 1 aliphatic carbocycles. The number of nitrogens with zero attached hydrogens (tertiary/aromatic N) is 2. The number of nitrogens with one attached hydrogen (secondary N) is 1. The van der Waals surface area contributed by atoms with Gasteiger partial charge in [0.2, 0.25) is 5.91 Å². The van der Waals surface area contributed by atoms with Crippen molar-refractivity contribution in [1.29, 1.82) is 0 Å². The Morgan fingerprint density at radius 2 is 1.90 bits per heavy atom. The maximum atomic E-state index is 13.1. The molecule has 1 aliphatic rings. The van der Waals surface area contributed by atoms with Crippen molar-refractivity contribution in [2.24, 2.45) is 0 Å². The second-order valence-corrected chi connectivity index (χ2v) is 7.47. The molecule has 0 atom stereocenters. The van der Waals surface area contributed by atoms with Crippen LogP contribution in [0, 0.1) is 12.7 Å². The van der Waals surface area contributed by atoms with E-state index >= 15 is 0 Å². The predicted molar refractivity (Wildman–Crippen MR) is 109 cm³/mol. The number of aryl methyl sites for hydroxylation is 1. The van der Waals surface area contributed by atoms with Gasteiger partial charge in [-0.05, 0) is 67.3 Å². The van der Waals surface area contributed by atoms with Gasteiger partial charge in [0.1, 0.15) is 5.82 Å². The third-order valence-corrected chi connectivity index (χ3v) is 5.63. The largest absolute Gasteiger partial charge is 0.392 e. The van der Waals surface area contributed by atoms with Crippen LogP contribution in [0.4, 0.5) is 10.1 Å². The Morgan fingerprint density at radius 3 is 2.48 bits per heavy atom. The summed E-state index contributed by atoms with van der Waals surface area (Å²) in [5.41, 5.74) is 3.90. The number of anilines is 1. The molecule has 5 nitrogen and oxygen atoms in total. The van der Waals surface area contributed by atoms with Gasteiger partial charge in [-0.1, -0.05) is 12.5 Å². The average molecular weight is 391 g/mol. The standard InChI is InChI=1S/C23H22FN3O2/c1-15-11-16(14-28)20(13-25-15)21-8-3-17(12-26-21)23(9-2-10-23)22(29)27-19-6-4-18(24)5-7-19/h3-8,11-13,28H,2,9-10,14H2,1H3,(H,27,29). The molecule has 2 aromatic heterocycles. The molecule has 4 rings (SSSR count). The second kappa shape index (κ2) is 7.72. The quantitative estimate of drug-likeness (QED) is 0.685. The first kappa shape index (κ1) is 19.2. The van der Waals surface area contributed by atoms with E-state index in [9.17, 15) is 14.3 Å². The van der Waals surface area contributed by atoms with Gasteiger partial charge in [-0.25, -0.2) is 4.39 Å². The molecule has 1 aromatic carbocycles. The summed E-state index contributed by atoms with van der Waals surface area (Å²) in [6.45, 7) is 1.78. The number of rotatable bonds is 5. The number of hydrogen-bond donors (Lipinski definition) is 2. The Balaban J connectivity index is 1.60. The molecule has 2 heterocycles. The minimum Gasteiger partial charge on any atom is -0.392 e. The fourth-order valence-electron chi connectivity index (χ4n) is 3.78. The third-order valence-electron chi connectivity index (χ3n) is 5.63. The number of carbonyl (C=O) groups is 1. The van der Waals surface area contributed by atoms with E-state index in [2.05, 4.69) is 15.3 Å². The fraction of sp³-hybridized carbons (Fsp3) is 0.261. The summed E-state index contributed by atoms with van der Waals surface area (Å²) >= 11 is 0. The molecule has 1 saturated carbocycles. The first-order valence-electron chi connectivity index (χ1n) is 9.62. The summed E-state index contributed by atoms with van der Waals surface area (Å²) in [5.74, 6) is -0.438. The van der Waals surface area contributed by atoms with E-state index in [-0.39, 0.29) is 18.3 Å². The lowest BCUT2D eigenvalue weighted by Crippen LogP contribution is -2.46.